The fourth-order valence-corrected chi connectivity index (χ4v) is 2.84. The van der Waals surface area contributed by atoms with E-state index in [9.17, 15) is 4.79 Å². The number of pyridine rings is 1. The Balaban J connectivity index is 1.87. The van der Waals surface area contributed by atoms with Crippen molar-refractivity contribution >= 4 is 5.91 Å². The van der Waals surface area contributed by atoms with E-state index in [1.54, 1.807) is 17.3 Å². The monoisotopic (exact) mass is 278 g/mol. The van der Waals surface area contributed by atoms with Crippen LogP contribution in [0.1, 0.15) is 24.5 Å². The summed E-state index contributed by atoms with van der Waals surface area (Å²) in [5, 5.41) is 0. The standard InChI is InChI=1S/C18H18N2O/c1-2-18(16-9-6-11-19-13-16)10-12-20(17(18)21)14-15-7-4-3-5-8-15/h3-13H,2,14H2,1H3. The van der Waals surface area contributed by atoms with Crippen molar-refractivity contribution in [2.45, 2.75) is 25.3 Å². The molecule has 3 heteroatoms. The molecule has 1 unspecified atom stereocenters. The molecule has 0 saturated heterocycles. The molecule has 0 radical (unpaired) electrons. The Hall–Kier alpha value is -2.42. The molecule has 1 aromatic carbocycles. The molecule has 21 heavy (non-hydrogen) atoms. The van der Waals surface area contributed by atoms with Crippen molar-refractivity contribution in [3.8, 4) is 0 Å². The van der Waals surface area contributed by atoms with Gasteiger partial charge >= 0.3 is 0 Å². The molecule has 0 spiro atoms. The summed E-state index contributed by atoms with van der Waals surface area (Å²) < 4.78 is 0. The number of nitrogens with zero attached hydrogens (tertiary/aromatic N) is 2. The first-order valence-electron chi connectivity index (χ1n) is 7.21. The molecule has 2 aromatic rings. The zero-order valence-electron chi connectivity index (χ0n) is 12.1. The van der Waals surface area contributed by atoms with Crippen LogP contribution in [0.2, 0.25) is 0 Å². The minimum atomic E-state index is -0.566. The van der Waals surface area contributed by atoms with Gasteiger partial charge in [-0.2, -0.15) is 0 Å². The maximum absolute atomic E-state index is 12.9. The second-order valence-corrected chi connectivity index (χ2v) is 5.30. The summed E-state index contributed by atoms with van der Waals surface area (Å²) in [6, 6.07) is 13.9. The molecule has 2 heterocycles. The van der Waals surface area contributed by atoms with Crippen molar-refractivity contribution in [3.05, 3.63) is 78.3 Å². The maximum atomic E-state index is 12.9. The fraction of sp³-hybridized carbons (Fsp3) is 0.222. The number of benzene rings is 1. The third-order valence-electron chi connectivity index (χ3n) is 4.11. The minimum Gasteiger partial charge on any atom is -0.314 e. The van der Waals surface area contributed by atoms with E-state index in [1.807, 2.05) is 61.7 Å². The topological polar surface area (TPSA) is 33.2 Å². The lowest BCUT2D eigenvalue weighted by atomic mass is 9.79. The second-order valence-electron chi connectivity index (χ2n) is 5.30. The highest BCUT2D eigenvalue weighted by atomic mass is 16.2. The Labute approximate surface area is 124 Å². The molecule has 3 nitrogen and oxygen atoms in total. The van der Waals surface area contributed by atoms with E-state index >= 15 is 0 Å². The van der Waals surface area contributed by atoms with Crippen LogP contribution in [0.5, 0.6) is 0 Å². The van der Waals surface area contributed by atoms with Crippen LogP contribution < -0.4 is 0 Å². The van der Waals surface area contributed by atoms with Gasteiger partial charge in [0.2, 0.25) is 5.91 Å². The molecule has 0 saturated carbocycles. The van der Waals surface area contributed by atoms with Crippen molar-refractivity contribution in [3.63, 3.8) is 0 Å². The summed E-state index contributed by atoms with van der Waals surface area (Å²) >= 11 is 0. The number of hydrogen-bond donors (Lipinski definition) is 0. The van der Waals surface area contributed by atoms with Gasteiger partial charge in [0, 0.05) is 18.6 Å². The summed E-state index contributed by atoms with van der Waals surface area (Å²) in [4.78, 5) is 18.9. The van der Waals surface area contributed by atoms with Crippen molar-refractivity contribution < 1.29 is 4.79 Å². The molecule has 1 aliphatic rings. The molecule has 3 rings (SSSR count). The van der Waals surface area contributed by atoms with Crippen molar-refractivity contribution in [2.24, 2.45) is 0 Å². The van der Waals surface area contributed by atoms with Gasteiger partial charge in [-0.3, -0.25) is 9.78 Å². The highest BCUT2D eigenvalue weighted by molar-refractivity contribution is 5.93. The molecule has 0 aliphatic carbocycles. The Morgan fingerprint density at radius 1 is 1.14 bits per heavy atom. The number of hydrogen-bond acceptors (Lipinski definition) is 2. The lowest BCUT2D eigenvalue weighted by Crippen LogP contribution is -2.37. The number of amides is 1. The molecule has 0 bridgehead atoms. The lowest BCUT2D eigenvalue weighted by molar-refractivity contribution is -0.132. The molecular formula is C18H18N2O. The van der Waals surface area contributed by atoms with Gasteiger partial charge in [0.1, 0.15) is 0 Å². The molecule has 1 atom stereocenters. The van der Waals surface area contributed by atoms with Crippen LogP contribution >= 0.6 is 0 Å². The van der Waals surface area contributed by atoms with Crippen LogP contribution in [0.4, 0.5) is 0 Å². The van der Waals surface area contributed by atoms with Crippen LogP contribution in [0.25, 0.3) is 0 Å². The highest BCUT2D eigenvalue weighted by Gasteiger charge is 2.42. The van der Waals surface area contributed by atoms with Crippen molar-refractivity contribution in [1.82, 2.24) is 9.88 Å². The zero-order valence-corrected chi connectivity index (χ0v) is 12.1. The Morgan fingerprint density at radius 3 is 2.62 bits per heavy atom. The molecule has 0 fully saturated rings. The summed E-state index contributed by atoms with van der Waals surface area (Å²) in [5.74, 6) is 0.127. The van der Waals surface area contributed by atoms with Gasteiger partial charge in [-0.25, -0.2) is 0 Å². The first kappa shape index (κ1) is 13.6. The van der Waals surface area contributed by atoms with E-state index in [4.69, 9.17) is 0 Å². The Kier molecular flexibility index (Phi) is 3.57. The van der Waals surface area contributed by atoms with Gasteiger partial charge in [-0.15, -0.1) is 0 Å². The van der Waals surface area contributed by atoms with E-state index in [-0.39, 0.29) is 5.91 Å². The van der Waals surface area contributed by atoms with Gasteiger partial charge in [0.05, 0.1) is 12.0 Å². The summed E-state index contributed by atoms with van der Waals surface area (Å²) in [5.41, 5.74) is 1.53. The maximum Gasteiger partial charge on any atom is 0.241 e. The number of aromatic nitrogens is 1. The average Bonchev–Trinajstić information content (AvgIpc) is 2.87. The molecule has 0 N–H and O–H groups in total. The fourth-order valence-electron chi connectivity index (χ4n) is 2.84. The summed E-state index contributed by atoms with van der Waals surface area (Å²) in [6.45, 7) is 2.65. The highest BCUT2D eigenvalue weighted by Crippen LogP contribution is 2.36. The second kappa shape index (κ2) is 5.52. The van der Waals surface area contributed by atoms with E-state index in [1.165, 1.54) is 0 Å². The van der Waals surface area contributed by atoms with Crippen LogP contribution in [0.15, 0.2) is 67.1 Å². The van der Waals surface area contributed by atoms with Crippen molar-refractivity contribution in [1.29, 1.82) is 0 Å². The average molecular weight is 278 g/mol. The molecule has 106 valence electrons. The first-order chi connectivity index (χ1) is 10.3. The van der Waals surface area contributed by atoms with E-state index < -0.39 is 5.41 Å². The van der Waals surface area contributed by atoms with Crippen LogP contribution in [-0.2, 0) is 16.8 Å². The Bertz CT molecular complexity index is 651. The third kappa shape index (κ3) is 2.35. The third-order valence-corrected chi connectivity index (χ3v) is 4.11. The number of carbonyl (C=O) groups excluding carboxylic acids is 1. The smallest absolute Gasteiger partial charge is 0.241 e. The van der Waals surface area contributed by atoms with Gasteiger partial charge in [0.15, 0.2) is 0 Å². The molecule has 1 amide bonds. The van der Waals surface area contributed by atoms with Crippen LogP contribution in [-0.4, -0.2) is 15.8 Å². The SMILES string of the molecule is CCC1(c2cccnc2)C=CN(Cc2ccccc2)C1=O. The Morgan fingerprint density at radius 2 is 1.95 bits per heavy atom. The predicted octanol–water partition coefficient (Wildman–Crippen LogP) is 3.29. The quantitative estimate of drug-likeness (QED) is 0.860. The van der Waals surface area contributed by atoms with Crippen molar-refractivity contribution in [2.75, 3.05) is 0 Å². The first-order valence-corrected chi connectivity index (χ1v) is 7.21. The number of carbonyl (C=O) groups is 1. The van der Waals surface area contributed by atoms with E-state index in [2.05, 4.69) is 4.98 Å². The molecular weight excluding hydrogens is 260 g/mol. The van der Waals surface area contributed by atoms with Gasteiger partial charge in [0.25, 0.3) is 0 Å². The predicted molar refractivity (Wildman–Crippen MR) is 82.3 cm³/mol. The minimum absolute atomic E-state index is 0.127. The summed E-state index contributed by atoms with van der Waals surface area (Å²) in [7, 11) is 0. The zero-order chi connectivity index (χ0) is 14.7. The van der Waals surface area contributed by atoms with E-state index in [0.29, 0.717) is 6.54 Å². The van der Waals surface area contributed by atoms with Crippen LogP contribution in [0, 0.1) is 0 Å². The largest absolute Gasteiger partial charge is 0.314 e. The summed E-state index contributed by atoms with van der Waals surface area (Å²) in [6.07, 6.45) is 8.18. The van der Waals surface area contributed by atoms with E-state index in [0.717, 1.165) is 17.5 Å². The number of rotatable bonds is 4. The van der Waals surface area contributed by atoms with Crippen LogP contribution in [0.3, 0.4) is 0 Å². The van der Waals surface area contributed by atoms with Gasteiger partial charge < -0.3 is 4.90 Å². The molecule has 1 aliphatic heterocycles. The normalized spacial score (nSPS) is 21.0. The van der Waals surface area contributed by atoms with Gasteiger partial charge in [-0.05, 0) is 29.7 Å². The van der Waals surface area contributed by atoms with Gasteiger partial charge in [-0.1, -0.05) is 43.3 Å². The lowest BCUT2D eigenvalue weighted by Gasteiger charge is -2.27. The molecule has 1 aromatic heterocycles.